The van der Waals surface area contributed by atoms with Gasteiger partial charge in [0.25, 0.3) is 12.0 Å². The molecule has 1 heterocycles. The Balaban J connectivity index is 2.88. The van der Waals surface area contributed by atoms with Crippen molar-refractivity contribution in [2.75, 3.05) is 0 Å². The zero-order valence-electron chi connectivity index (χ0n) is 8.81. The number of pyridine rings is 1. The van der Waals surface area contributed by atoms with Crippen molar-refractivity contribution in [2.24, 2.45) is 0 Å². The van der Waals surface area contributed by atoms with Crippen molar-refractivity contribution < 1.29 is 22.7 Å². The molecule has 0 aliphatic heterocycles. The van der Waals surface area contributed by atoms with Crippen LogP contribution in [-0.4, -0.2) is 10.1 Å². The lowest BCUT2D eigenvalue weighted by Crippen LogP contribution is -2.14. The zero-order chi connectivity index (χ0) is 13.4. The van der Waals surface area contributed by atoms with Crippen LogP contribution in [0.3, 0.4) is 0 Å². The summed E-state index contributed by atoms with van der Waals surface area (Å²) in [4.78, 5) is 13.1. The average molecular weight is 261 g/mol. The summed E-state index contributed by atoms with van der Waals surface area (Å²) in [6.07, 6.45) is -3.09. The number of hydrogen-bond acceptors (Lipinski definition) is 2. The van der Waals surface area contributed by atoms with E-state index in [2.05, 4.69) is 0 Å². The Bertz CT molecular complexity index is 666. The lowest BCUT2D eigenvalue weighted by Gasteiger charge is -2.07. The number of fused-ring (bicyclic) bond motifs is 1. The zero-order valence-corrected chi connectivity index (χ0v) is 8.81. The number of H-pyrrole nitrogens is 1. The van der Waals surface area contributed by atoms with Crippen LogP contribution in [0.25, 0.3) is 10.9 Å². The number of rotatable bonds is 2. The molecule has 18 heavy (non-hydrogen) atoms. The van der Waals surface area contributed by atoms with Gasteiger partial charge in [-0.1, -0.05) is 0 Å². The standard InChI is InChI=1S/C11H7F4NO2/c12-7-1-4(3-17)8(13)9-5(7)2-6(10(14)15)11(18)16-9/h1-2,10,17H,3H2,(H,16,18). The van der Waals surface area contributed by atoms with Crippen LogP contribution in [0, 0.1) is 11.6 Å². The van der Waals surface area contributed by atoms with E-state index in [-0.39, 0.29) is 5.56 Å². The van der Waals surface area contributed by atoms with Gasteiger partial charge in [-0.3, -0.25) is 4.79 Å². The molecule has 0 radical (unpaired) electrons. The third-order valence-corrected chi connectivity index (χ3v) is 2.54. The van der Waals surface area contributed by atoms with Gasteiger partial charge in [0.15, 0.2) is 5.82 Å². The number of nitrogens with one attached hydrogen (secondary N) is 1. The first-order chi connectivity index (χ1) is 8.45. The number of hydrogen-bond donors (Lipinski definition) is 2. The second kappa shape index (κ2) is 4.41. The minimum atomic E-state index is -3.09. The maximum atomic E-state index is 13.7. The van der Waals surface area contributed by atoms with Gasteiger partial charge < -0.3 is 10.1 Å². The molecule has 2 aromatic rings. The molecule has 0 bridgehead atoms. The van der Waals surface area contributed by atoms with E-state index >= 15 is 0 Å². The third-order valence-electron chi connectivity index (χ3n) is 2.54. The van der Waals surface area contributed by atoms with Gasteiger partial charge in [-0.2, -0.15) is 0 Å². The summed E-state index contributed by atoms with van der Waals surface area (Å²) in [6.45, 7) is -0.767. The van der Waals surface area contributed by atoms with Crippen LogP contribution in [0.1, 0.15) is 17.6 Å². The van der Waals surface area contributed by atoms with E-state index in [4.69, 9.17) is 5.11 Å². The summed E-state index contributed by atoms with van der Waals surface area (Å²) in [7, 11) is 0. The lowest BCUT2D eigenvalue weighted by atomic mass is 10.1. The Morgan fingerprint density at radius 3 is 2.50 bits per heavy atom. The fourth-order valence-electron chi connectivity index (χ4n) is 1.64. The fourth-order valence-corrected chi connectivity index (χ4v) is 1.64. The van der Waals surface area contributed by atoms with Gasteiger partial charge in [0, 0.05) is 10.9 Å². The smallest absolute Gasteiger partial charge is 0.269 e. The van der Waals surface area contributed by atoms with Crippen molar-refractivity contribution in [3.63, 3.8) is 0 Å². The monoisotopic (exact) mass is 261 g/mol. The molecule has 1 aromatic carbocycles. The van der Waals surface area contributed by atoms with Crippen LogP contribution in [0.5, 0.6) is 0 Å². The molecule has 3 nitrogen and oxygen atoms in total. The normalized spacial score (nSPS) is 11.4. The highest BCUT2D eigenvalue weighted by Crippen LogP contribution is 2.25. The number of aliphatic hydroxyl groups is 1. The van der Waals surface area contributed by atoms with Crippen LogP contribution in [-0.2, 0) is 6.61 Å². The van der Waals surface area contributed by atoms with E-state index in [9.17, 15) is 22.4 Å². The maximum Gasteiger partial charge on any atom is 0.269 e. The van der Waals surface area contributed by atoms with Crippen molar-refractivity contribution in [2.45, 2.75) is 13.0 Å². The molecule has 2 N–H and O–H groups in total. The largest absolute Gasteiger partial charge is 0.392 e. The highest BCUT2D eigenvalue weighted by Gasteiger charge is 2.18. The van der Waals surface area contributed by atoms with Crippen LogP contribution in [0.15, 0.2) is 16.9 Å². The number of aromatic nitrogens is 1. The molecule has 0 saturated heterocycles. The molecule has 0 spiro atoms. The Morgan fingerprint density at radius 1 is 1.28 bits per heavy atom. The fraction of sp³-hybridized carbons (Fsp3) is 0.182. The van der Waals surface area contributed by atoms with Gasteiger partial charge in [0.2, 0.25) is 0 Å². The molecule has 0 saturated carbocycles. The molecular formula is C11H7F4NO2. The molecule has 1 aromatic heterocycles. The van der Waals surface area contributed by atoms with Crippen molar-refractivity contribution >= 4 is 10.9 Å². The highest BCUT2D eigenvalue weighted by atomic mass is 19.3. The predicted molar refractivity (Wildman–Crippen MR) is 55.4 cm³/mol. The van der Waals surface area contributed by atoms with Gasteiger partial charge in [-0.25, -0.2) is 17.6 Å². The number of halogens is 4. The summed E-state index contributed by atoms with van der Waals surface area (Å²) in [6, 6.07) is 1.31. The first-order valence-corrected chi connectivity index (χ1v) is 4.88. The summed E-state index contributed by atoms with van der Waals surface area (Å²) in [5, 5.41) is 8.34. The van der Waals surface area contributed by atoms with E-state index in [1.165, 1.54) is 0 Å². The number of alkyl halides is 2. The van der Waals surface area contributed by atoms with Gasteiger partial charge >= 0.3 is 0 Å². The van der Waals surface area contributed by atoms with Crippen molar-refractivity contribution in [1.29, 1.82) is 0 Å². The van der Waals surface area contributed by atoms with Crippen LogP contribution < -0.4 is 5.56 Å². The Morgan fingerprint density at radius 2 is 1.94 bits per heavy atom. The summed E-state index contributed by atoms with van der Waals surface area (Å²) < 4.78 is 52.1. The van der Waals surface area contributed by atoms with E-state index < -0.39 is 46.7 Å². The summed E-state index contributed by atoms with van der Waals surface area (Å²) in [5.41, 5.74) is -3.02. The number of aliphatic hydroxyl groups excluding tert-OH is 1. The predicted octanol–water partition coefficient (Wildman–Crippen LogP) is 2.24. The van der Waals surface area contributed by atoms with Crippen LogP contribution in [0.2, 0.25) is 0 Å². The first kappa shape index (κ1) is 12.6. The Labute approximate surface area is 97.7 Å². The number of benzene rings is 1. The molecule has 7 heteroatoms. The molecule has 0 atom stereocenters. The molecule has 0 amide bonds. The minimum Gasteiger partial charge on any atom is -0.392 e. The van der Waals surface area contributed by atoms with Crippen molar-refractivity contribution in [1.82, 2.24) is 4.98 Å². The molecule has 0 fully saturated rings. The topological polar surface area (TPSA) is 53.1 Å². The third kappa shape index (κ3) is 1.86. The van der Waals surface area contributed by atoms with Crippen molar-refractivity contribution in [3.05, 3.63) is 45.2 Å². The molecular weight excluding hydrogens is 254 g/mol. The van der Waals surface area contributed by atoms with Crippen LogP contribution in [0.4, 0.5) is 17.6 Å². The van der Waals surface area contributed by atoms with Gasteiger partial charge in [-0.05, 0) is 12.1 Å². The molecule has 2 rings (SSSR count). The Hall–Kier alpha value is -1.89. The molecule has 0 aliphatic carbocycles. The SMILES string of the molecule is O=c1[nH]c2c(F)c(CO)cc(F)c2cc1C(F)F. The lowest BCUT2D eigenvalue weighted by molar-refractivity contribution is 0.150. The van der Waals surface area contributed by atoms with Gasteiger partial charge in [-0.15, -0.1) is 0 Å². The number of aromatic amines is 1. The summed E-state index contributed by atoms with van der Waals surface area (Å²) in [5.74, 6) is -2.03. The first-order valence-electron chi connectivity index (χ1n) is 4.88. The van der Waals surface area contributed by atoms with E-state index in [1.807, 2.05) is 4.98 Å². The van der Waals surface area contributed by atoms with Gasteiger partial charge in [0.1, 0.15) is 5.82 Å². The van der Waals surface area contributed by atoms with E-state index in [1.54, 1.807) is 0 Å². The quantitative estimate of drug-likeness (QED) is 0.814. The van der Waals surface area contributed by atoms with Gasteiger partial charge in [0.05, 0.1) is 17.7 Å². The van der Waals surface area contributed by atoms with Crippen molar-refractivity contribution in [3.8, 4) is 0 Å². The van der Waals surface area contributed by atoms with Crippen LogP contribution >= 0.6 is 0 Å². The average Bonchev–Trinajstić information content (AvgIpc) is 2.32. The molecule has 96 valence electrons. The second-order valence-corrected chi connectivity index (χ2v) is 3.63. The molecule has 0 aliphatic rings. The maximum absolute atomic E-state index is 13.7. The summed E-state index contributed by atoms with van der Waals surface area (Å²) >= 11 is 0. The highest BCUT2D eigenvalue weighted by molar-refractivity contribution is 5.81. The second-order valence-electron chi connectivity index (χ2n) is 3.63. The van der Waals surface area contributed by atoms with E-state index in [0.717, 1.165) is 0 Å². The molecule has 0 unspecified atom stereocenters. The Kier molecular flexibility index (Phi) is 3.08. The minimum absolute atomic E-state index is 0.361. The van der Waals surface area contributed by atoms with E-state index in [0.29, 0.717) is 12.1 Å².